The number of rotatable bonds is 2. The molecule has 3 N–H and O–H groups in total. The van der Waals surface area contributed by atoms with Crippen molar-refractivity contribution in [2.24, 2.45) is 5.73 Å². The van der Waals surface area contributed by atoms with E-state index in [1.807, 2.05) is 12.1 Å². The van der Waals surface area contributed by atoms with Crippen molar-refractivity contribution in [3.8, 4) is 0 Å². The van der Waals surface area contributed by atoms with Gasteiger partial charge in [0.2, 0.25) is 5.91 Å². The fraction of sp³-hybridized carbons (Fsp3) is 0.100. The first-order valence-corrected chi connectivity index (χ1v) is 4.44. The van der Waals surface area contributed by atoms with Crippen LogP contribution in [-0.4, -0.2) is 18.0 Å². The summed E-state index contributed by atoms with van der Waals surface area (Å²) in [7, 11) is 1.79. The molecule has 1 aliphatic heterocycles. The Labute approximate surface area is 87.0 Å². The first-order valence-electron chi connectivity index (χ1n) is 4.44. The molecule has 1 amide bonds. The number of nitrogens with zero attached hydrogens (tertiary/aromatic N) is 1. The van der Waals surface area contributed by atoms with Gasteiger partial charge < -0.3 is 10.6 Å². The number of nitrogens with one attached hydrogen (secondary N) is 1. The Morgan fingerprint density at radius 3 is 2.80 bits per heavy atom. The highest BCUT2D eigenvalue weighted by Crippen LogP contribution is 2.23. The van der Waals surface area contributed by atoms with Crippen LogP contribution in [0, 0.1) is 0 Å². The molecule has 5 heteroatoms. The summed E-state index contributed by atoms with van der Waals surface area (Å²) in [5.41, 5.74) is 9.90. The van der Waals surface area contributed by atoms with E-state index < -0.39 is 5.91 Å². The Morgan fingerprint density at radius 2 is 2.20 bits per heavy atom. The van der Waals surface area contributed by atoms with E-state index in [1.54, 1.807) is 24.2 Å². The third kappa shape index (κ3) is 1.64. The molecule has 15 heavy (non-hydrogen) atoms. The van der Waals surface area contributed by atoms with Gasteiger partial charge in [0.05, 0.1) is 5.70 Å². The van der Waals surface area contributed by atoms with E-state index in [9.17, 15) is 4.79 Å². The normalized spacial score (nSPS) is 14.7. The molecule has 1 heterocycles. The summed E-state index contributed by atoms with van der Waals surface area (Å²) >= 11 is 0. The lowest BCUT2D eigenvalue weighted by Gasteiger charge is -2.14. The zero-order valence-electron chi connectivity index (χ0n) is 8.23. The molecule has 1 aromatic rings. The molecule has 0 bridgehead atoms. The molecule has 5 nitrogen and oxygen atoms in total. The summed E-state index contributed by atoms with van der Waals surface area (Å²) in [4.78, 5) is 16.1. The second kappa shape index (κ2) is 3.62. The summed E-state index contributed by atoms with van der Waals surface area (Å²) in [6, 6.07) is 7.12. The maximum absolute atomic E-state index is 11.2. The van der Waals surface area contributed by atoms with Gasteiger partial charge in [0.25, 0.3) is 0 Å². The van der Waals surface area contributed by atoms with Crippen molar-refractivity contribution in [2.75, 3.05) is 7.05 Å². The lowest BCUT2D eigenvalue weighted by atomic mass is 10.0. The van der Waals surface area contributed by atoms with Crippen LogP contribution in [0.2, 0.25) is 0 Å². The van der Waals surface area contributed by atoms with Crippen LogP contribution < -0.4 is 11.3 Å². The van der Waals surface area contributed by atoms with E-state index in [0.717, 1.165) is 11.3 Å². The van der Waals surface area contributed by atoms with Crippen molar-refractivity contribution >= 4 is 11.6 Å². The van der Waals surface area contributed by atoms with Gasteiger partial charge in [-0.05, 0) is 6.07 Å². The Hall–Kier alpha value is -2.01. The minimum atomic E-state index is -0.452. The van der Waals surface area contributed by atoms with Gasteiger partial charge in [0, 0.05) is 18.2 Å². The number of benzene rings is 1. The van der Waals surface area contributed by atoms with E-state index in [-0.39, 0.29) is 0 Å². The molecule has 0 aromatic heterocycles. The molecular weight excluding hydrogens is 194 g/mol. The smallest absolute Gasteiger partial charge is 0.249 e. The Balaban J connectivity index is 2.48. The average molecular weight is 205 g/mol. The predicted molar refractivity (Wildman–Crippen MR) is 54.9 cm³/mol. The van der Waals surface area contributed by atoms with Gasteiger partial charge in [0.15, 0.2) is 0 Å². The summed E-state index contributed by atoms with van der Waals surface area (Å²) in [5.74, 6) is -0.452. The molecule has 0 saturated heterocycles. The number of nitrogens with two attached hydrogens (primary N) is 1. The zero-order chi connectivity index (χ0) is 10.8. The maximum atomic E-state index is 11.2. The number of hydrogen-bond acceptors (Lipinski definition) is 4. The fourth-order valence-corrected chi connectivity index (χ4v) is 1.45. The van der Waals surface area contributed by atoms with Crippen molar-refractivity contribution in [3.63, 3.8) is 0 Å². The van der Waals surface area contributed by atoms with Crippen LogP contribution in [0.5, 0.6) is 0 Å². The lowest BCUT2D eigenvalue weighted by molar-refractivity contribution is 0.0553. The van der Waals surface area contributed by atoms with Crippen LogP contribution in [0.25, 0.3) is 5.70 Å². The van der Waals surface area contributed by atoms with Crippen LogP contribution >= 0.6 is 0 Å². The van der Waals surface area contributed by atoms with Gasteiger partial charge in [0.1, 0.15) is 6.26 Å². The van der Waals surface area contributed by atoms with Gasteiger partial charge in [-0.15, -0.1) is 0 Å². The molecule has 0 spiro atoms. The zero-order valence-corrected chi connectivity index (χ0v) is 8.23. The highest BCUT2D eigenvalue weighted by molar-refractivity contribution is 5.97. The highest BCUT2D eigenvalue weighted by atomic mass is 16.7. The number of carbonyl (C=O) groups is 1. The van der Waals surface area contributed by atoms with E-state index in [1.165, 1.54) is 6.26 Å². The number of primary amides is 1. The Morgan fingerprint density at radius 1 is 1.47 bits per heavy atom. The van der Waals surface area contributed by atoms with Crippen LogP contribution in [0.4, 0.5) is 0 Å². The second-order valence-electron chi connectivity index (χ2n) is 3.18. The molecule has 1 aliphatic rings. The number of amides is 1. The third-order valence-electron chi connectivity index (χ3n) is 2.19. The van der Waals surface area contributed by atoms with Crippen LogP contribution in [0.15, 0.2) is 30.5 Å². The number of hydrogen-bond donors (Lipinski definition) is 2. The topological polar surface area (TPSA) is 67.6 Å². The molecule has 0 radical (unpaired) electrons. The highest BCUT2D eigenvalue weighted by Gasteiger charge is 2.18. The fourth-order valence-electron chi connectivity index (χ4n) is 1.45. The van der Waals surface area contributed by atoms with Gasteiger partial charge in [-0.2, -0.15) is 0 Å². The summed E-state index contributed by atoms with van der Waals surface area (Å²) in [6.07, 6.45) is 1.53. The van der Waals surface area contributed by atoms with Gasteiger partial charge in [-0.25, -0.2) is 0 Å². The van der Waals surface area contributed by atoms with E-state index >= 15 is 0 Å². The average Bonchev–Trinajstić information content (AvgIpc) is 2.64. The summed E-state index contributed by atoms with van der Waals surface area (Å²) in [5, 5.41) is 1.67. The predicted octanol–water partition coefficient (Wildman–Crippen LogP) is 0.466. The molecule has 0 fully saturated rings. The van der Waals surface area contributed by atoms with Crippen LogP contribution in [-0.2, 0) is 4.84 Å². The van der Waals surface area contributed by atoms with Crippen molar-refractivity contribution in [1.29, 1.82) is 0 Å². The van der Waals surface area contributed by atoms with E-state index in [2.05, 4.69) is 5.59 Å². The van der Waals surface area contributed by atoms with Crippen molar-refractivity contribution < 1.29 is 9.63 Å². The van der Waals surface area contributed by atoms with Crippen LogP contribution in [0.3, 0.4) is 0 Å². The number of carbonyl (C=O) groups excluding carboxylic acids is 1. The monoisotopic (exact) mass is 205 g/mol. The van der Waals surface area contributed by atoms with E-state index in [4.69, 9.17) is 10.6 Å². The quantitative estimate of drug-likeness (QED) is 0.736. The molecule has 1 aromatic carbocycles. The molecule has 78 valence electrons. The summed E-state index contributed by atoms with van der Waals surface area (Å²) < 4.78 is 0. The Bertz CT molecular complexity index is 428. The Kier molecular flexibility index (Phi) is 2.31. The second-order valence-corrected chi connectivity index (χ2v) is 3.18. The first kappa shape index (κ1) is 9.54. The minimum Gasteiger partial charge on any atom is -0.395 e. The van der Waals surface area contributed by atoms with Gasteiger partial charge >= 0.3 is 0 Å². The minimum absolute atomic E-state index is 0.452. The molecular formula is C10H11N3O2. The molecule has 0 unspecified atom stereocenters. The van der Waals surface area contributed by atoms with Crippen molar-refractivity contribution in [2.45, 2.75) is 0 Å². The van der Waals surface area contributed by atoms with Gasteiger partial charge in [-0.3, -0.25) is 9.80 Å². The largest absolute Gasteiger partial charge is 0.395 e. The van der Waals surface area contributed by atoms with E-state index in [0.29, 0.717) is 5.56 Å². The maximum Gasteiger partial charge on any atom is 0.249 e. The van der Waals surface area contributed by atoms with Crippen molar-refractivity contribution in [1.82, 2.24) is 10.6 Å². The van der Waals surface area contributed by atoms with Crippen LogP contribution in [0.1, 0.15) is 15.9 Å². The summed E-state index contributed by atoms with van der Waals surface area (Å²) in [6.45, 7) is 0. The molecule has 2 rings (SSSR count). The third-order valence-corrected chi connectivity index (χ3v) is 2.19. The molecule has 0 saturated carbocycles. The molecule has 0 atom stereocenters. The first-order chi connectivity index (χ1) is 7.20. The van der Waals surface area contributed by atoms with Gasteiger partial charge in [-0.1, -0.05) is 23.8 Å². The van der Waals surface area contributed by atoms with Crippen molar-refractivity contribution in [3.05, 3.63) is 41.7 Å². The SMILES string of the molecule is CN1NOC=C1c1ccccc1C(N)=O. The lowest BCUT2D eigenvalue weighted by Crippen LogP contribution is -2.26. The standard InChI is InChI=1S/C10H11N3O2/c1-13-9(6-15-12-13)7-4-2-3-5-8(7)10(11)14/h2-6,12H,1H3,(H2,11,14). The molecule has 0 aliphatic carbocycles. The number of hydrazine groups is 1.